The highest BCUT2D eigenvalue weighted by molar-refractivity contribution is 5.86. The molecule has 146 valence electrons. The number of rotatable bonds is 9. The van der Waals surface area contributed by atoms with Crippen LogP contribution in [0, 0.1) is 16.7 Å². The number of carbonyl (C=O) groups excluding carboxylic acids is 2. The molecular weight excluding hydrogens is 322 g/mol. The van der Waals surface area contributed by atoms with Crippen LogP contribution < -0.4 is 5.32 Å². The standard InChI is InChI=1S/C19H35NO5/c1-13(2)17(23)25-12-14(21)11-24-10-9-20-16(22)15(18(3,4)5)19(6,7)8/h14-15,21H,1,9-12H2,2-8H3,(H,20,22). The maximum atomic E-state index is 12.5. The van der Waals surface area contributed by atoms with Crippen LogP contribution in [-0.2, 0) is 19.1 Å². The molecule has 0 rings (SSSR count). The van der Waals surface area contributed by atoms with Crippen molar-refractivity contribution in [2.45, 2.75) is 54.6 Å². The van der Waals surface area contributed by atoms with Crippen LogP contribution in [0.5, 0.6) is 0 Å². The van der Waals surface area contributed by atoms with Gasteiger partial charge in [0.25, 0.3) is 0 Å². The third-order valence-electron chi connectivity index (χ3n) is 3.61. The van der Waals surface area contributed by atoms with Crippen LogP contribution in [-0.4, -0.2) is 49.5 Å². The lowest BCUT2D eigenvalue weighted by molar-refractivity contribution is -0.143. The second kappa shape index (κ2) is 9.92. The molecular formula is C19H35NO5. The van der Waals surface area contributed by atoms with E-state index >= 15 is 0 Å². The van der Waals surface area contributed by atoms with Gasteiger partial charge in [-0.25, -0.2) is 4.79 Å². The van der Waals surface area contributed by atoms with Gasteiger partial charge < -0.3 is 19.9 Å². The van der Waals surface area contributed by atoms with Gasteiger partial charge in [-0.2, -0.15) is 0 Å². The number of aliphatic hydroxyl groups excluding tert-OH is 1. The Kier molecular flexibility index (Phi) is 9.37. The highest BCUT2D eigenvalue weighted by Gasteiger charge is 2.40. The molecule has 1 unspecified atom stereocenters. The number of esters is 1. The van der Waals surface area contributed by atoms with E-state index in [2.05, 4.69) is 53.4 Å². The summed E-state index contributed by atoms with van der Waals surface area (Å²) in [5, 5.41) is 12.6. The second-order valence-corrected chi connectivity index (χ2v) is 8.56. The maximum absolute atomic E-state index is 12.5. The first kappa shape index (κ1) is 23.6. The highest BCUT2D eigenvalue weighted by atomic mass is 16.5. The molecule has 6 nitrogen and oxygen atoms in total. The van der Waals surface area contributed by atoms with Gasteiger partial charge in [0.15, 0.2) is 0 Å². The third-order valence-corrected chi connectivity index (χ3v) is 3.61. The minimum atomic E-state index is -0.907. The number of nitrogens with one attached hydrogen (secondary N) is 1. The molecule has 0 radical (unpaired) electrons. The van der Waals surface area contributed by atoms with Crippen molar-refractivity contribution < 1.29 is 24.2 Å². The van der Waals surface area contributed by atoms with Crippen LogP contribution >= 0.6 is 0 Å². The van der Waals surface area contributed by atoms with Gasteiger partial charge in [0.2, 0.25) is 5.91 Å². The molecule has 0 aliphatic rings. The van der Waals surface area contributed by atoms with Crippen molar-refractivity contribution in [2.75, 3.05) is 26.4 Å². The molecule has 0 aromatic carbocycles. The molecule has 0 saturated carbocycles. The number of carbonyl (C=O) groups is 2. The normalized spacial score (nSPS) is 13.5. The van der Waals surface area contributed by atoms with E-state index < -0.39 is 12.1 Å². The number of aliphatic hydroxyl groups is 1. The Morgan fingerprint density at radius 1 is 1.08 bits per heavy atom. The summed E-state index contributed by atoms with van der Waals surface area (Å²) in [4.78, 5) is 23.7. The predicted octanol–water partition coefficient (Wildman–Crippen LogP) is 2.31. The number of amides is 1. The largest absolute Gasteiger partial charge is 0.460 e. The first-order valence-corrected chi connectivity index (χ1v) is 8.63. The first-order chi connectivity index (χ1) is 11.3. The van der Waals surface area contributed by atoms with E-state index in [9.17, 15) is 14.7 Å². The van der Waals surface area contributed by atoms with Crippen molar-refractivity contribution >= 4 is 11.9 Å². The molecule has 0 aromatic heterocycles. The zero-order valence-electron chi connectivity index (χ0n) is 16.8. The Bertz CT molecular complexity index is 445. The van der Waals surface area contributed by atoms with Gasteiger partial charge in [-0.05, 0) is 17.8 Å². The molecule has 1 atom stereocenters. The minimum Gasteiger partial charge on any atom is -0.460 e. The Balaban J connectivity index is 4.13. The molecule has 0 bridgehead atoms. The number of ether oxygens (including phenoxy) is 2. The summed E-state index contributed by atoms with van der Waals surface area (Å²) in [5.41, 5.74) is -0.0119. The van der Waals surface area contributed by atoms with E-state index in [0.717, 1.165) is 0 Å². The van der Waals surface area contributed by atoms with E-state index in [1.165, 1.54) is 6.92 Å². The highest BCUT2D eigenvalue weighted by Crippen LogP contribution is 2.39. The van der Waals surface area contributed by atoms with Crippen molar-refractivity contribution in [2.24, 2.45) is 16.7 Å². The zero-order chi connectivity index (χ0) is 19.8. The lowest BCUT2D eigenvalue weighted by atomic mass is 9.66. The smallest absolute Gasteiger partial charge is 0.333 e. The molecule has 0 aromatic rings. The minimum absolute atomic E-state index is 0.000429. The molecule has 1 amide bonds. The molecule has 6 heteroatoms. The van der Waals surface area contributed by atoms with Crippen LogP contribution in [0.25, 0.3) is 0 Å². The average molecular weight is 357 g/mol. The number of hydrogen-bond donors (Lipinski definition) is 2. The number of hydrogen-bond acceptors (Lipinski definition) is 5. The van der Waals surface area contributed by atoms with E-state index in [1.54, 1.807) is 0 Å². The Morgan fingerprint density at radius 2 is 1.60 bits per heavy atom. The summed E-state index contributed by atoms with van der Waals surface area (Å²) in [6, 6.07) is 0. The summed E-state index contributed by atoms with van der Waals surface area (Å²) in [6.07, 6.45) is -0.907. The van der Waals surface area contributed by atoms with Gasteiger partial charge in [0, 0.05) is 18.0 Å². The quantitative estimate of drug-likeness (QED) is 0.376. The Labute approximate surface area is 152 Å². The SMILES string of the molecule is C=C(C)C(=O)OCC(O)COCCNC(=O)C(C(C)(C)C)C(C)(C)C. The predicted molar refractivity (Wildman–Crippen MR) is 98.0 cm³/mol. The van der Waals surface area contributed by atoms with Crippen LogP contribution in [0.2, 0.25) is 0 Å². The van der Waals surface area contributed by atoms with Crippen molar-refractivity contribution in [3.8, 4) is 0 Å². The second-order valence-electron chi connectivity index (χ2n) is 8.56. The van der Waals surface area contributed by atoms with E-state index in [0.29, 0.717) is 6.54 Å². The van der Waals surface area contributed by atoms with Gasteiger partial charge in [0.1, 0.15) is 12.7 Å². The van der Waals surface area contributed by atoms with Crippen LogP contribution in [0.4, 0.5) is 0 Å². The average Bonchev–Trinajstić information content (AvgIpc) is 2.40. The molecule has 0 aliphatic carbocycles. The molecule has 0 aliphatic heterocycles. The fourth-order valence-electron chi connectivity index (χ4n) is 3.00. The monoisotopic (exact) mass is 357 g/mol. The van der Waals surface area contributed by atoms with Crippen molar-refractivity contribution in [1.82, 2.24) is 5.32 Å². The Hall–Kier alpha value is -1.40. The van der Waals surface area contributed by atoms with Gasteiger partial charge >= 0.3 is 5.97 Å². The van der Waals surface area contributed by atoms with E-state index in [4.69, 9.17) is 9.47 Å². The first-order valence-electron chi connectivity index (χ1n) is 8.63. The van der Waals surface area contributed by atoms with Gasteiger partial charge in [-0.15, -0.1) is 0 Å². The summed E-state index contributed by atoms with van der Waals surface area (Å²) in [6.45, 7) is 17.9. The summed E-state index contributed by atoms with van der Waals surface area (Å²) < 4.78 is 10.1. The lowest BCUT2D eigenvalue weighted by Gasteiger charge is -2.39. The maximum Gasteiger partial charge on any atom is 0.333 e. The van der Waals surface area contributed by atoms with Crippen molar-refractivity contribution in [3.63, 3.8) is 0 Å². The molecule has 0 spiro atoms. The molecule has 0 fully saturated rings. The van der Waals surface area contributed by atoms with Gasteiger partial charge in [-0.3, -0.25) is 4.79 Å². The molecule has 25 heavy (non-hydrogen) atoms. The zero-order valence-corrected chi connectivity index (χ0v) is 16.8. The Morgan fingerprint density at radius 3 is 2.04 bits per heavy atom. The van der Waals surface area contributed by atoms with Crippen molar-refractivity contribution in [3.05, 3.63) is 12.2 Å². The van der Waals surface area contributed by atoms with Crippen molar-refractivity contribution in [1.29, 1.82) is 0 Å². The summed E-state index contributed by atoms with van der Waals surface area (Å²) in [5.74, 6) is -0.673. The molecule has 0 saturated heterocycles. The fourth-order valence-corrected chi connectivity index (χ4v) is 3.00. The van der Waals surface area contributed by atoms with Crippen LogP contribution in [0.3, 0.4) is 0 Å². The van der Waals surface area contributed by atoms with E-state index in [1.807, 2.05) is 0 Å². The fraction of sp³-hybridized carbons (Fsp3) is 0.789. The van der Waals surface area contributed by atoms with Gasteiger partial charge in [-0.1, -0.05) is 48.1 Å². The molecule has 2 N–H and O–H groups in total. The van der Waals surface area contributed by atoms with Gasteiger partial charge in [0.05, 0.1) is 13.2 Å². The lowest BCUT2D eigenvalue weighted by Crippen LogP contribution is -2.45. The molecule has 0 heterocycles. The summed E-state index contributed by atoms with van der Waals surface area (Å²) >= 11 is 0. The van der Waals surface area contributed by atoms with E-state index in [-0.39, 0.29) is 48.0 Å². The van der Waals surface area contributed by atoms with Crippen LogP contribution in [0.1, 0.15) is 48.5 Å². The third kappa shape index (κ3) is 9.60. The topological polar surface area (TPSA) is 84.9 Å². The van der Waals surface area contributed by atoms with Crippen LogP contribution in [0.15, 0.2) is 12.2 Å². The summed E-state index contributed by atoms with van der Waals surface area (Å²) in [7, 11) is 0.